The number of nitrogens with one attached hydrogen (secondary N) is 1. The summed E-state index contributed by atoms with van der Waals surface area (Å²) in [6, 6.07) is 6.95. The summed E-state index contributed by atoms with van der Waals surface area (Å²) in [6.45, 7) is 0. The van der Waals surface area contributed by atoms with Gasteiger partial charge in [0.05, 0.1) is 16.9 Å². The minimum Gasteiger partial charge on any atom is -0.398 e. The number of hydrogen-bond acceptors (Lipinski definition) is 4. The monoisotopic (exact) mass is 292 g/mol. The third-order valence-electron chi connectivity index (χ3n) is 2.41. The van der Waals surface area contributed by atoms with Gasteiger partial charge < -0.3 is 11.1 Å². The van der Waals surface area contributed by atoms with E-state index >= 15 is 0 Å². The quantitative estimate of drug-likeness (QED) is 0.514. The summed E-state index contributed by atoms with van der Waals surface area (Å²) in [6.07, 6.45) is 4.38. The van der Waals surface area contributed by atoms with Crippen LogP contribution in [0.1, 0.15) is 11.1 Å². The number of anilines is 1. The van der Waals surface area contributed by atoms with Crippen molar-refractivity contribution >= 4 is 47.0 Å². The number of nitrogens with two attached hydrogens (primary N) is 1. The molecule has 2 rings (SSSR count). The van der Waals surface area contributed by atoms with Crippen molar-refractivity contribution in [3.8, 4) is 0 Å². The Hall–Kier alpha value is -1.91. The minimum atomic E-state index is 0.249. The molecule has 4 nitrogen and oxygen atoms in total. The summed E-state index contributed by atoms with van der Waals surface area (Å²) in [4.78, 5) is 8.14. The predicted octanol–water partition coefficient (Wildman–Crippen LogP) is 3.72. The molecule has 0 amide bonds. The van der Waals surface area contributed by atoms with E-state index in [4.69, 9.17) is 34.3 Å². The summed E-state index contributed by atoms with van der Waals surface area (Å²) < 4.78 is 0. The Morgan fingerprint density at radius 1 is 1.26 bits per heavy atom. The second-order valence-electron chi connectivity index (χ2n) is 3.76. The summed E-state index contributed by atoms with van der Waals surface area (Å²) in [7, 11) is 0. The number of benzene rings is 1. The van der Waals surface area contributed by atoms with Crippen LogP contribution in [0.2, 0.25) is 10.2 Å². The van der Waals surface area contributed by atoms with Crippen molar-refractivity contribution in [2.75, 3.05) is 5.73 Å². The molecular weight excluding hydrogens is 283 g/mol. The Balaban J connectivity index is 2.27. The number of rotatable bonds is 3. The first-order valence-electron chi connectivity index (χ1n) is 5.35. The first kappa shape index (κ1) is 13.5. The highest BCUT2D eigenvalue weighted by molar-refractivity contribution is 6.41. The molecule has 0 fully saturated rings. The molecule has 0 spiro atoms. The molecular formula is C13H10Cl2N4. The number of hydrogen-bond donors (Lipinski definition) is 2. The van der Waals surface area contributed by atoms with Crippen molar-refractivity contribution in [3.63, 3.8) is 0 Å². The van der Waals surface area contributed by atoms with Crippen LogP contribution in [0.4, 0.5) is 11.4 Å². The van der Waals surface area contributed by atoms with Gasteiger partial charge in [0.15, 0.2) is 0 Å². The van der Waals surface area contributed by atoms with Gasteiger partial charge in [-0.3, -0.25) is 4.99 Å². The minimum absolute atomic E-state index is 0.249. The molecule has 19 heavy (non-hydrogen) atoms. The normalized spacial score (nSPS) is 10.8. The molecule has 0 aliphatic carbocycles. The highest BCUT2D eigenvalue weighted by Crippen LogP contribution is 2.23. The van der Waals surface area contributed by atoms with Crippen LogP contribution in [-0.4, -0.2) is 17.4 Å². The first-order valence-corrected chi connectivity index (χ1v) is 6.11. The number of nitrogen functional groups attached to an aromatic ring is 1. The summed E-state index contributed by atoms with van der Waals surface area (Å²) >= 11 is 11.6. The van der Waals surface area contributed by atoms with Crippen LogP contribution in [0.5, 0.6) is 0 Å². The standard InChI is InChI=1S/C13H10Cl2N4/c14-11-4-10(7-19-13(11)15)18-6-8-1-2-12(17)9(3-8)5-16/h1-7,16H,17H2/b16-5?,18-6+. The lowest BCUT2D eigenvalue weighted by Crippen LogP contribution is -1.94. The smallest absolute Gasteiger partial charge is 0.147 e. The van der Waals surface area contributed by atoms with Gasteiger partial charge in [0, 0.05) is 23.7 Å². The molecule has 1 aromatic carbocycles. The number of aliphatic imine (C=N–C) groups is 1. The van der Waals surface area contributed by atoms with Crippen molar-refractivity contribution in [2.24, 2.45) is 4.99 Å². The summed E-state index contributed by atoms with van der Waals surface area (Å²) in [5, 5.41) is 7.84. The van der Waals surface area contributed by atoms with Crippen LogP contribution in [0, 0.1) is 5.41 Å². The summed E-state index contributed by atoms with van der Waals surface area (Å²) in [5.74, 6) is 0. The van der Waals surface area contributed by atoms with Crippen molar-refractivity contribution < 1.29 is 0 Å². The van der Waals surface area contributed by atoms with Crippen molar-refractivity contribution in [1.29, 1.82) is 5.41 Å². The van der Waals surface area contributed by atoms with Gasteiger partial charge in [0.1, 0.15) is 5.15 Å². The van der Waals surface area contributed by atoms with Crippen molar-refractivity contribution in [1.82, 2.24) is 4.98 Å². The van der Waals surface area contributed by atoms with Crippen molar-refractivity contribution in [3.05, 3.63) is 51.8 Å². The first-order chi connectivity index (χ1) is 9.10. The fourth-order valence-electron chi connectivity index (χ4n) is 1.43. The Kier molecular flexibility index (Phi) is 4.14. The molecule has 2 aromatic rings. The maximum Gasteiger partial charge on any atom is 0.147 e. The molecule has 96 valence electrons. The zero-order valence-electron chi connectivity index (χ0n) is 9.77. The molecule has 6 heteroatoms. The molecule has 0 saturated carbocycles. The second-order valence-corrected chi connectivity index (χ2v) is 4.52. The van der Waals surface area contributed by atoms with Gasteiger partial charge in [-0.05, 0) is 23.8 Å². The average Bonchev–Trinajstić information content (AvgIpc) is 2.41. The Morgan fingerprint density at radius 2 is 2.05 bits per heavy atom. The number of nitrogens with zero attached hydrogens (tertiary/aromatic N) is 2. The highest BCUT2D eigenvalue weighted by atomic mass is 35.5. The van der Waals surface area contributed by atoms with E-state index in [9.17, 15) is 0 Å². The number of aromatic nitrogens is 1. The molecule has 0 aliphatic rings. The third kappa shape index (κ3) is 3.30. The lowest BCUT2D eigenvalue weighted by atomic mass is 10.1. The molecule has 1 heterocycles. The zero-order valence-corrected chi connectivity index (χ0v) is 11.3. The van der Waals surface area contributed by atoms with E-state index in [2.05, 4.69) is 9.98 Å². The van der Waals surface area contributed by atoms with E-state index in [0.29, 0.717) is 22.0 Å². The van der Waals surface area contributed by atoms with E-state index < -0.39 is 0 Å². The van der Waals surface area contributed by atoms with Gasteiger partial charge >= 0.3 is 0 Å². The van der Waals surface area contributed by atoms with Gasteiger partial charge in [-0.1, -0.05) is 29.3 Å². The lowest BCUT2D eigenvalue weighted by Gasteiger charge is -2.01. The highest BCUT2D eigenvalue weighted by Gasteiger charge is 2.00. The van der Waals surface area contributed by atoms with E-state index in [1.807, 2.05) is 6.07 Å². The van der Waals surface area contributed by atoms with Gasteiger partial charge in [-0.2, -0.15) is 0 Å². The number of pyridine rings is 1. The molecule has 3 N–H and O–H groups in total. The third-order valence-corrected chi connectivity index (χ3v) is 3.10. The zero-order chi connectivity index (χ0) is 13.8. The number of halogens is 2. The van der Waals surface area contributed by atoms with Crippen LogP contribution < -0.4 is 5.73 Å². The van der Waals surface area contributed by atoms with Gasteiger partial charge in [0.25, 0.3) is 0 Å². The maximum atomic E-state index is 7.24. The SMILES string of the molecule is N=Cc1cc(/C=N/c2cnc(Cl)c(Cl)c2)ccc1N. The fraction of sp³-hybridized carbons (Fsp3) is 0. The lowest BCUT2D eigenvalue weighted by molar-refractivity contribution is 1.31. The predicted molar refractivity (Wildman–Crippen MR) is 80.3 cm³/mol. The van der Waals surface area contributed by atoms with Gasteiger partial charge in [0.2, 0.25) is 0 Å². The van der Waals surface area contributed by atoms with E-state index in [1.54, 1.807) is 24.4 Å². The molecule has 0 radical (unpaired) electrons. The molecule has 0 unspecified atom stereocenters. The maximum absolute atomic E-state index is 7.24. The topological polar surface area (TPSA) is 75.1 Å². The van der Waals surface area contributed by atoms with Crippen LogP contribution in [0.15, 0.2) is 35.5 Å². The van der Waals surface area contributed by atoms with E-state index in [-0.39, 0.29) is 5.15 Å². The summed E-state index contributed by atoms with van der Waals surface area (Å²) in [5.41, 5.74) is 8.35. The molecule has 0 bridgehead atoms. The Labute approximate surface area is 120 Å². The van der Waals surface area contributed by atoms with Crippen LogP contribution in [0.3, 0.4) is 0 Å². The van der Waals surface area contributed by atoms with Crippen molar-refractivity contribution in [2.45, 2.75) is 0 Å². The molecule has 0 atom stereocenters. The van der Waals surface area contributed by atoms with Crippen LogP contribution in [-0.2, 0) is 0 Å². The van der Waals surface area contributed by atoms with Gasteiger partial charge in [-0.25, -0.2) is 4.98 Å². The second kappa shape index (κ2) is 5.82. The Bertz CT molecular complexity index is 653. The Morgan fingerprint density at radius 3 is 2.74 bits per heavy atom. The van der Waals surface area contributed by atoms with Crippen LogP contribution in [0.25, 0.3) is 0 Å². The van der Waals surface area contributed by atoms with Crippen LogP contribution >= 0.6 is 23.2 Å². The average molecular weight is 293 g/mol. The van der Waals surface area contributed by atoms with Gasteiger partial charge in [-0.15, -0.1) is 0 Å². The van der Waals surface area contributed by atoms with E-state index in [0.717, 1.165) is 5.56 Å². The largest absolute Gasteiger partial charge is 0.398 e. The fourth-order valence-corrected chi connectivity index (χ4v) is 1.69. The molecule has 0 aliphatic heterocycles. The molecule has 1 aromatic heterocycles. The molecule has 0 saturated heterocycles. The van der Waals surface area contributed by atoms with E-state index in [1.165, 1.54) is 12.4 Å².